The first-order valence-corrected chi connectivity index (χ1v) is 12.0. The van der Waals surface area contributed by atoms with Crippen LogP contribution in [0.3, 0.4) is 0 Å². The fraction of sp³-hybridized carbons (Fsp3) is 0.480. The molecule has 8 heteroatoms. The van der Waals surface area contributed by atoms with Crippen molar-refractivity contribution < 1.29 is 4.74 Å². The van der Waals surface area contributed by atoms with Crippen LogP contribution in [0.15, 0.2) is 30.6 Å². The highest BCUT2D eigenvalue weighted by atomic mass is 16.5. The minimum atomic E-state index is 0.502. The third-order valence-corrected chi connectivity index (χ3v) is 7.22. The third kappa shape index (κ3) is 3.67. The molecule has 0 amide bonds. The van der Waals surface area contributed by atoms with Crippen LogP contribution in [0.5, 0.6) is 0 Å². The van der Waals surface area contributed by atoms with Gasteiger partial charge in [0.1, 0.15) is 0 Å². The molecule has 0 spiro atoms. The van der Waals surface area contributed by atoms with Crippen LogP contribution in [0.25, 0.3) is 27.8 Å². The highest BCUT2D eigenvalue weighted by molar-refractivity contribution is 5.93. The Morgan fingerprint density at radius 3 is 2.82 bits per heavy atom. The van der Waals surface area contributed by atoms with E-state index in [4.69, 9.17) is 14.7 Å². The average molecular weight is 446 g/mol. The molecule has 172 valence electrons. The standard InChI is InChI=1S/C25H31N7O/c1-17-23(18-5-4-9-30(2)10-8-18)32-16-22(19-6-3-7-21-20(19)15-26-29-21)28-24(25(32)27-17)31-11-13-33-14-12-31/h3,6-7,15-16,18H,4-5,8-14H2,1-2H3,(H,26,29). The number of benzene rings is 1. The molecule has 2 fully saturated rings. The predicted molar refractivity (Wildman–Crippen MR) is 130 cm³/mol. The molecule has 5 heterocycles. The van der Waals surface area contributed by atoms with E-state index >= 15 is 0 Å². The van der Waals surface area contributed by atoms with Crippen molar-refractivity contribution in [3.8, 4) is 11.3 Å². The van der Waals surface area contributed by atoms with Crippen LogP contribution in [-0.4, -0.2) is 75.9 Å². The molecule has 0 bridgehead atoms. The molecule has 3 aromatic heterocycles. The predicted octanol–water partition coefficient (Wildman–Crippen LogP) is 3.62. The molecule has 2 aliphatic rings. The molecule has 2 saturated heterocycles. The Balaban J connectivity index is 1.56. The number of fused-ring (bicyclic) bond motifs is 2. The van der Waals surface area contributed by atoms with Gasteiger partial charge in [-0.2, -0.15) is 5.10 Å². The van der Waals surface area contributed by atoms with Crippen LogP contribution in [0, 0.1) is 6.92 Å². The summed E-state index contributed by atoms with van der Waals surface area (Å²) >= 11 is 0. The maximum Gasteiger partial charge on any atom is 0.180 e. The summed E-state index contributed by atoms with van der Waals surface area (Å²) in [4.78, 5) is 15.1. The monoisotopic (exact) mass is 445 g/mol. The van der Waals surface area contributed by atoms with Crippen molar-refractivity contribution in [1.29, 1.82) is 0 Å². The number of imidazole rings is 1. The number of nitrogens with zero attached hydrogens (tertiary/aromatic N) is 6. The lowest BCUT2D eigenvalue weighted by Gasteiger charge is -2.28. The van der Waals surface area contributed by atoms with E-state index < -0.39 is 0 Å². The number of nitrogens with one attached hydrogen (secondary N) is 1. The number of aromatic amines is 1. The lowest BCUT2D eigenvalue weighted by atomic mass is 9.95. The Morgan fingerprint density at radius 1 is 1.06 bits per heavy atom. The highest BCUT2D eigenvalue weighted by Crippen LogP contribution is 2.35. The summed E-state index contributed by atoms with van der Waals surface area (Å²) < 4.78 is 7.97. The second-order valence-electron chi connectivity index (χ2n) is 9.39. The minimum Gasteiger partial charge on any atom is -0.378 e. The fourth-order valence-corrected chi connectivity index (χ4v) is 5.48. The largest absolute Gasteiger partial charge is 0.378 e. The third-order valence-electron chi connectivity index (χ3n) is 7.22. The van der Waals surface area contributed by atoms with Crippen molar-refractivity contribution in [3.05, 3.63) is 42.0 Å². The second kappa shape index (κ2) is 8.43. The van der Waals surface area contributed by atoms with E-state index in [1.54, 1.807) is 0 Å². The molecule has 1 unspecified atom stereocenters. The summed E-state index contributed by atoms with van der Waals surface area (Å²) in [5.74, 6) is 1.46. The molecular formula is C25H31N7O. The number of hydrogen-bond donors (Lipinski definition) is 1. The van der Waals surface area contributed by atoms with Crippen LogP contribution < -0.4 is 4.90 Å². The maximum absolute atomic E-state index is 5.63. The number of ether oxygens (including phenoxy) is 1. The van der Waals surface area contributed by atoms with Gasteiger partial charge in [0.2, 0.25) is 0 Å². The zero-order valence-corrected chi connectivity index (χ0v) is 19.4. The van der Waals surface area contributed by atoms with Crippen LogP contribution in [0.4, 0.5) is 5.82 Å². The normalized spacial score (nSPS) is 20.5. The van der Waals surface area contributed by atoms with Crippen molar-refractivity contribution in [1.82, 2.24) is 29.5 Å². The minimum absolute atomic E-state index is 0.502. The van der Waals surface area contributed by atoms with Gasteiger partial charge in [0.15, 0.2) is 11.5 Å². The van der Waals surface area contributed by atoms with Crippen LogP contribution in [0.2, 0.25) is 0 Å². The molecule has 0 aliphatic carbocycles. The van der Waals surface area contributed by atoms with Gasteiger partial charge in [0.25, 0.3) is 0 Å². The van der Waals surface area contributed by atoms with Gasteiger partial charge in [-0.05, 0) is 52.4 Å². The van der Waals surface area contributed by atoms with Crippen molar-refractivity contribution in [2.45, 2.75) is 32.1 Å². The summed E-state index contributed by atoms with van der Waals surface area (Å²) in [5, 5.41) is 8.46. The number of aryl methyl sites for hydroxylation is 1. The average Bonchev–Trinajstić information content (AvgIpc) is 3.38. The zero-order chi connectivity index (χ0) is 22.4. The lowest BCUT2D eigenvalue weighted by molar-refractivity contribution is 0.122. The van der Waals surface area contributed by atoms with Gasteiger partial charge in [-0.1, -0.05) is 12.1 Å². The maximum atomic E-state index is 5.63. The first kappa shape index (κ1) is 20.6. The molecular weight excluding hydrogens is 414 g/mol. The molecule has 4 aromatic rings. The van der Waals surface area contributed by atoms with Gasteiger partial charge in [-0.3, -0.25) is 9.50 Å². The molecule has 8 nitrogen and oxygen atoms in total. The highest BCUT2D eigenvalue weighted by Gasteiger charge is 2.26. The first-order chi connectivity index (χ1) is 16.2. The number of rotatable bonds is 3. The number of likely N-dealkylation sites (tertiary alicyclic amines) is 1. The molecule has 0 radical (unpaired) electrons. The van der Waals surface area contributed by atoms with Gasteiger partial charge in [-0.25, -0.2) is 9.97 Å². The Hall–Kier alpha value is -2.97. The van der Waals surface area contributed by atoms with Crippen molar-refractivity contribution in [2.75, 3.05) is 51.3 Å². The van der Waals surface area contributed by atoms with Gasteiger partial charge in [-0.15, -0.1) is 0 Å². The molecule has 1 atom stereocenters. The first-order valence-electron chi connectivity index (χ1n) is 12.0. The Morgan fingerprint density at radius 2 is 1.94 bits per heavy atom. The Kier molecular flexibility index (Phi) is 5.27. The summed E-state index contributed by atoms with van der Waals surface area (Å²) in [6.45, 7) is 7.56. The molecule has 1 N–H and O–H groups in total. The van der Waals surface area contributed by atoms with Crippen molar-refractivity contribution in [2.24, 2.45) is 0 Å². The Labute approximate surface area is 193 Å². The van der Waals surface area contributed by atoms with Gasteiger partial charge in [0.05, 0.1) is 36.3 Å². The summed E-state index contributed by atoms with van der Waals surface area (Å²) in [5.41, 5.74) is 6.51. The molecule has 0 saturated carbocycles. The second-order valence-corrected chi connectivity index (χ2v) is 9.39. The molecule has 1 aromatic carbocycles. The smallest absolute Gasteiger partial charge is 0.180 e. The van der Waals surface area contributed by atoms with E-state index in [0.29, 0.717) is 5.92 Å². The lowest BCUT2D eigenvalue weighted by Crippen LogP contribution is -2.37. The van der Waals surface area contributed by atoms with Crippen LogP contribution in [-0.2, 0) is 4.74 Å². The van der Waals surface area contributed by atoms with E-state index in [0.717, 1.165) is 78.6 Å². The number of aromatic nitrogens is 5. The molecule has 33 heavy (non-hydrogen) atoms. The zero-order valence-electron chi connectivity index (χ0n) is 19.4. The number of anilines is 1. The summed E-state index contributed by atoms with van der Waals surface area (Å²) in [7, 11) is 2.23. The summed E-state index contributed by atoms with van der Waals surface area (Å²) in [6.07, 6.45) is 7.67. The quantitative estimate of drug-likeness (QED) is 0.519. The topological polar surface area (TPSA) is 74.6 Å². The number of morpholine rings is 1. The Bertz CT molecular complexity index is 1290. The molecule has 6 rings (SSSR count). The van der Waals surface area contributed by atoms with Gasteiger partial charge >= 0.3 is 0 Å². The van der Waals surface area contributed by atoms with Crippen molar-refractivity contribution in [3.63, 3.8) is 0 Å². The van der Waals surface area contributed by atoms with E-state index in [2.05, 4.69) is 62.8 Å². The van der Waals surface area contributed by atoms with Crippen LogP contribution >= 0.6 is 0 Å². The number of H-pyrrole nitrogens is 1. The number of hydrogen-bond acceptors (Lipinski definition) is 6. The van der Waals surface area contributed by atoms with Crippen molar-refractivity contribution >= 4 is 22.4 Å². The molecule has 2 aliphatic heterocycles. The van der Waals surface area contributed by atoms with Crippen LogP contribution in [0.1, 0.15) is 36.6 Å². The van der Waals surface area contributed by atoms with E-state index in [1.165, 1.54) is 25.1 Å². The van der Waals surface area contributed by atoms with Gasteiger partial charge in [0, 0.05) is 41.8 Å². The SMILES string of the molecule is Cc1nc2c(N3CCOCC3)nc(-c3cccc4[nH]ncc34)cn2c1C1CCCN(C)CC1. The van der Waals surface area contributed by atoms with Gasteiger partial charge < -0.3 is 14.5 Å². The summed E-state index contributed by atoms with van der Waals surface area (Å²) in [6, 6.07) is 6.26. The van der Waals surface area contributed by atoms with E-state index in [9.17, 15) is 0 Å². The van der Waals surface area contributed by atoms with E-state index in [-0.39, 0.29) is 0 Å². The van der Waals surface area contributed by atoms with E-state index in [1.807, 2.05) is 6.20 Å². The fourth-order valence-electron chi connectivity index (χ4n) is 5.48.